The van der Waals surface area contributed by atoms with Gasteiger partial charge in [0.1, 0.15) is 0 Å². The van der Waals surface area contributed by atoms with Gasteiger partial charge in [-0.2, -0.15) is 0 Å². The average Bonchev–Trinajstić information content (AvgIpc) is 3.21. The quantitative estimate of drug-likeness (QED) is 0.845. The van der Waals surface area contributed by atoms with Gasteiger partial charge in [-0.25, -0.2) is 4.79 Å². The summed E-state index contributed by atoms with van der Waals surface area (Å²) in [4.78, 5) is 12.8. The first-order valence-electron chi connectivity index (χ1n) is 7.95. The Balaban J connectivity index is 1.58. The van der Waals surface area contributed by atoms with Gasteiger partial charge in [-0.3, -0.25) is 0 Å². The number of hydrogen-bond donors (Lipinski definition) is 2. The summed E-state index contributed by atoms with van der Waals surface area (Å²) in [6, 6.07) is 10.4. The van der Waals surface area contributed by atoms with Crippen molar-refractivity contribution in [2.24, 2.45) is 17.8 Å². The topological polar surface area (TPSA) is 52.6 Å². The zero-order valence-electron chi connectivity index (χ0n) is 12.4. The number of hydrogen-bond acceptors (Lipinski definition) is 2. The van der Waals surface area contributed by atoms with Crippen molar-refractivity contribution in [3.63, 3.8) is 0 Å². The molecule has 1 saturated carbocycles. The number of benzene rings is 1. The molecule has 21 heavy (non-hydrogen) atoms. The van der Waals surface area contributed by atoms with Gasteiger partial charge in [0.05, 0.1) is 0 Å². The molecule has 1 aliphatic carbocycles. The molecular weight excluding hydrogens is 264 g/mol. The maximum Gasteiger partial charge on any atom is 0.407 e. The fraction of sp³-hybridized carbons (Fsp3) is 0.588. The van der Waals surface area contributed by atoms with Crippen LogP contribution in [-0.2, 0) is 6.42 Å². The van der Waals surface area contributed by atoms with Crippen molar-refractivity contribution < 1.29 is 9.90 Å². The summed E-state index contributed by atoms with van der Waals surface area (Å²) in [5, 5.41) is 12.8. The normalized spacial score (nSPS) is 25.2. The number of rotatable bonds is 6. The van der Waals surface area contributed by atoms with Crippen molar-refractivity contribution >= 4 is 6.09 Å². The van der Waals surface area contributed by atoms with Crippen LogP contribution in [0.1, 0.15) is 18.4 Å². The van der Waals surface area contributed by atoms with Crippen molar-refractivity contribution in [1.82, 2.24) is 10.2 Å². The Labute approximate surface area is 126 Å². The lowest BCUT2D eigenvalue weighted by atomic mass is 9.89. The number of amides is 1. The van der Waals surface area contributed by atoms with E-state index in [9.17, 15) is 9.90 Å². The summed E-state index contributed by atoms with van der Waals surface area (Å²) >= 11 is 0. The molecule has 0 spiro atoms. The van der Waals surface area contributed by atoms with Crippen LogP contribution in [0.4, 0.5) is 4.79 Å². The summed E-state index contributed by atoms with van der Waals surface area (Å²) < 4.78 is 0. The Morgan fingerprint density at radius 1 is 1.14 bits per heavy atom. The highest BCUT2D eigenvalue weighted by Crippen LogP contribution is 2.29. The van der Waals surface area contributed by atoms with E-state index in [-0.39, 0.29) is 0 Å². The summed E-state index contributed by atoms with van der Waals surface area (Å²) in [6.07, 6.45) is 2.90. The molecule has 1 amide bonds. The molecule has 2 aliphatic rings. The molecule has 1 saturated heterocycles. The molecule has 0 radical (unpaired) electrons. The predicted molar refractivity (Wildman–Crippen MR) is 82.3 cm³/mol. The molecule has 0 aromatic heterocycles. The van der Waals surface area contributed by atoms with Crippen molar-refractivity contribution in [1.29, 1.82) is 0 Å². The lowest BCUT2D eigenvalue weighted by molar-refractivity contribution is 0.153. The van der Waals surface area contributed by atoms with Crippen molar-refractivity contribution in [3.8, 4) is 0 Å². The standard InChI is InChI=1S/C17H24N2O2/c20-17(21)19-11-15(8-13-4-2-1-3-5-13)16(12-19)10-18-9-14-6-7-14/h1-5,14-16,18H,6-12H2,(H,20,21)/t15-,16-/m1/s1. The average molecular weight is 288 g/mol. The van der Waals surface area contributed by atoms with Crippen LogP contribution in [0.25, 0.3) is 0 Å². The number of carboxylic acid groups (broad SMARTS) is 1. The second kappa shape index (κ2) is 6.48. The minimum Gasteiger partial charge on any atom is -0.465 e. The Bertz CT molecular complexity index is 473. The fourth-order valence-corrected chi connectivity index (χ4v) is 3.27. The van der Waals surface area contributed by atoms with E-state index in [0.717, 1.165) is 25.4 Å². The van der Waals surface area contributed by atoms with Crippen LogP contribution in [-0.4, -0.2) is 42.3 Å². The molecule has 4 heteroatoms. The van der Waals surface area contributed by atoms with E-state index < -0.39 is 6.09 Å². The highest BCUT2D eigenvalue weighted by molar-refractivity contribution is 5.65. The zero-order chi connectivity index (χ0) is 14.7. The first-order chi connectivity index (χ1) is 10.2. The second-order valence-electron chi connectivity index (χ2n) is 6.50. The van der Waals surface area contributed by atoms with Crippen LogP contribution in [0.2, 0.25) is 0 Å². The molecule has 1 aromatic carbocycles. The van der Waals surface area contributed by atoms with Gasteiger partial charge >= 0.3 is 6.09 Å². The van der Waals surface area contributed by atoms with Crippen LogP contribution in [0, 0.1) is 17.8 Å². The van der Waals surface area contributed by atoms with Crippen LogP contribution in [0.15, 0.2) is 30.3 Å². The SMILES string of the molecule is O=C(O)N1C[C@@H](CNCC2CC2)[C@H](Cc2ccccc2)C1. The smallest absolute Gasteiger partial charge is 0.407 e. The third-order valence-electron chi connectivity index (χ3n) is 4.72. The fourth-order valence-electron chi connectivity index (χ4n) is 3.27. The number of nitrogens with zero attached hydrogens (tertiary/aromatic N) is 1. The summed E-state index contributed by atoms with van der Waals surface area (Å²) in [7, 11) is 0. The molecule has 1 aliphatic heterocycles. The molecular formula is C17H24N2O2. The van der Waals surface area contributed by atoms with Gasteiger partial charge in [0.15, 0.2) is 0 Å². The monoisotopic (exact) mass is 288 g/mol. The first kappa shape index (κ1) is 14.4. The summed E-state index contributed by atoms with van der Waals surface area (Å²) in [5.74, 6) is 1.73. The Morgan fingerprint density at radius 2 is 1.86 bits per heavy atom. The summed E-state index contributed by atoms with van der Waals surface area (Å²) in [6.45, 7) is 3.38. The first-order valence-corrected chi connectivity index (χ1v) is 7.95. The number of carbonyl (C=O) groups is 1. The molecule has 114 valence electrons. The molecule has 2 fully saturated rings. The Morgan fingerprint density at radius 3 is 2.52 bits per heavy atom. The van der Waals surface area contributed by atoms with E-state index >= 15 is 0 Å². The van der Waals surface area contributed by atoms with Crippen molar-refractivity contribution in [2.45, 2.75) is 19.3 Å². The molecule has 0 bridgehead atoms. The molecule has 1 aromatic rings. The largest absolute Gasteiger partial charge is 0.465 e. The van der Waals surface area contributed by atoms with E-state index in [1.807, 2.05) is 6.07 Å². The molecule has 3 rings (SSSR count). The van der Waals surface area contributed by atoms with Gasteiger partial charge in [0.25, 0.3) is 0 Å². The van der Waals surface area contributed by atoms with E-state index in [4.69, 9.17) is 0 Å². The molecule has 1 heterocycles. The van der Waals surface area contributed by atoms with Gasteiger partial charge < -0.3 is 15.3 Å². The van der Waals surface area contributed by atoms with Gasteiger partial charge in [-0.1, -0.05) is 30.3 Å². The third kappa shape index (κ3) is 3.97. The highest BCUT2D eigenvalue weighted by Gasteiger charge is 2.35. The van der Waals surface area contributed by atoms with Crippen molar-refractivity contribution in [3.05, 3.63) is 35.9 Å². The van der Waals surface area contributed by atoms with Crippen LogP contribution >= 0.6 is 0 Å². The van der Waals surface area contributed by atoms with Gasteiger partial charge in [-0.15, -0.1) is 0 Å². The summed E-state index contributed by atoms with van der Waals surface area (Å²) in [5.41, 5.74) is 1.31. The molecule has 2 N–H and O–H groups in total. The van der Waals surface area contributed by atoms with Crippen LogP contribution < -0.4 is 5.32 Å². The molecule has 0 unspecified atom stereocenters. The lowest BCUT2D eigenvalue weighted by Gasteiger charge is -2.18. The van der Waals surface area contributed by atoms with Crippen LogP contribution in [0.5, 0.6) is 0 Å². The van der Waals surface area contributed by atoms with Crippen LogP contribution in [0.3, 0.4) is 0 Å². The Kier molecular flexibility index (Phi) is 4.44. The maximum absolute atomic E-state index is 11.2. The predicted octanol–water partition coefficient (Wildman–Crippen LogP) is 2.45. The minimum absolute atomic E-state index is 0.426. The zero-order valence-corrected chi connectivity index (χ0v) is 12.4. The molecule has 2 atom stereocenters. The van der Waals surface area contributed by atoms with Gasteiger partial charge in [-0.05, 0) is 55.7 Å². The maximum atomic E-state index is 11.2. The number of nitrogens with one attached hydrogen (secondary N) is 1. The third-order valence-corrected chi connectivity index (χ3v) is 4.72. The minimum atomic E-state index is -0.780. The highest BCUT2D eigenvalue weighted by atomic mass is 16.4. The Hall–Kier alpha value is -1.55. The van der Waals surface area contributed by atoms with E-state index in [1.165, 1.54) is 18.4 Å². The van der Waals surface area contributed by atoms with Gasteiger partial charge in [0, 0.05) is 13.1 Å². The van der Waals surface area contributed by atoms with Gasteiger partial charge in [0.2, 0.25) is 0 Å². The molecule has 4 nitrogen and oxygen atoms in total. The second-order valence-corrected chi connectivity index (χ2v) is 6.50. The number of likely N-dealkylation sites (tertiary alicyclic amines) is 1. The van der Waals surface area contributed by atoms with E-state index in [1.54, 1.807) is 4.90 Å². The lowest BCUT2D eigenvalue weighted by Crippen LogP contribution is -2.31. The van der Waals surface area contributed by atoms with E-state index in [0.29, 0.717) is 24.9 Å². The van der Waals surface area contributed by atoms with Crippen molar-refractivity contribution in [2.75, 3.05) is 26.2 Å². The van der Waals surface area contributed by atoms with E-state index in [2.05, 4.69) is 29.6 Å².